The summed E-state index contributed by atoms with van der Waals surface area (Å²) in [6.07, 6.45) is 0.441. The zero-order valence-corrected chi connectivity index (χ0v) is 20.7. The first-order chi connectivity index (χ1) is 17.2. The summed E-state index contributed by atoms with van der Waals surface area (Å²) in [5.74, 6) is -0.903. The number of rotatable bonds is 7. The van der Waals surface area contributed by atoms with Crippen molar-refractivity contribution in [3.63, 3.8) is 0 Å². The summed E-state index contributed by atoms with van der Waals surface area (Å²) in [6, 6.07) is 13.8. The van der Waals surface area contributed by atoms with E-state index in [0.717, 1.165) is 0 Å². The summed E-state index contributed by atoms with van der Waals surface area (Å²) in [6.45, 7) is 1.86. The number of hydrazone groups is 1. The maximum Gasteiger partial charge on any atom is 0.415 e. The highest BCUT2D eigenvalue weighted by Crippen LogP contribution is 2.38. The van der Waals surface area contributed by atoms with Crippen molar-refractivity contribution in [3.8, 4) is 23.3 Å². The SMILES string of the molecule is CCNC(=O)OC(=O)/C(C#N)=N\Nc1cc(Cl)c(Oc2ccc(=O)n(-c3cccc(Cl)c3)c2)c(Cl)c1. The van der Waals surface area contributed by atoms with Crippen LogP contribution >= 0.6 is 34.8 Å². The normalized spacial score (nSPS) is 10.8. The highest BCUT2D eigenvalue weighted by molar-refractivity contribution is 6.44. The number of nitriles is 1. The van der Waals surface area contributed by atoms with Gasteiger partial charge in [-0.25, -0.2) is 9.59 Å². The van der Waals surface area contributed by atoms with E-state index in [1.165, 1.54) is 41.1 Å². The fourth-order valence-corrected chi connectivity index (χ4v) is 3.49. The van der Waals surface area contributed by atoms with E-state index in [4.69, 9.17) is 44.8 Å². The van der Waals surface area contributed by atoms with Crippen LogP contribution in [0.5, 0.6) is 11.5 Å². The van der Waals surface area contributed by atoms with Crippen molar-refractivity contribution in [2.24, 2.45) is 5.10 Å². The monoisotopic (exact) mass is 547 g/mol. The molecule has 0 atom stereocenters. The van der Waals surface area contributed by atoms with Crippen molar-refractivity contribution in [2.75, 3.05) is 12.0 Å². The average Bonchev–Trinajstić information content (AvgIpc) is 2.83. The quantitative estimate of drug-likeness (QED) is 0.180. The van der Waals surface area contributed by atoms with Gasteiger partial charge in [0.25, 0.3) is 5.56 Å². The van der Waals surface area contributed by atoms with E-state index < -0.39 is 17.8 Å². The van der Waals surface area contributed by atoms with Gasteiger partial charge in [0.2, 0.25) is 5.71 Å². The summed E-state index contributed by atoms with van der Waals surface area (Å²) in [4.78, 5) is 35.5. The van der Waals surface area contributed by atoms with Crippen LogP contribution in [-0.4, -0.2) is 28.9 Å². The van der Waals surface area contributed by atoms with Crippen molar-refractivity contribution in [1.82, 2.24) is 9.88 Å². The second-order valence-electron chi connectivity index (χ2n) is 6.82. The van der Waals surface area contributed by atoms with Crippen molar-refractivity contribution in [3.05, 3.63) is 80.1 Å². The maximum atomic E-state index is 12.3. The molecule has 0 fully saturated rings. The molecule has 3 rings (SSSR count). The Labute approximate surface area is 219 Å². The summed E-state index contributed by atoms with van der Waals surface area (Å²) < 4.78 is 11.6. The lowest BCUT2D eigenvalue weighted by Gasteiger charge is -2.13. The van der Waals surface area contributed by atoms with E-state index in [9.17, 15) is 14.4 Å². The van der Waals surface area contributed by atoms with Crippen molar-refractivity contribution < 1.29 is 19.1 Å². The molecule has 0 saturated carbocycles. The summed E-state index contributed by atoms with van der Waals surface area (Å²) in [7, 11) is 0. The minimum atomic E-state index is -1.25. The third kappa shape index (κ3) is 6.76. The molecule has 0 saturated heterocycles. The molecule has 1 aromatic heterocycles. The Kier molecular flexibility index (Phi) is 8.91. The molecule has 2 aromatic carbocycles. The number of halogens is 3. The first kappa shape index (κ1) is 26.6. The molecule has 0 bridgehead atoms. The van der Waals surface area contributed by atoms with E-state index in [1.807, 2.05) is 0 Å². The predicted octanol–water partition coefficient (Wildman–Crippen LogP) is 5.15. The first-order valence-electron chi connectivity index (χ1n) is 10.1. The van der Waals surface area contributed by atoms with E-state index in [0.29, 0.717) is 10.7 Å². The Balaban J connectivity index is 1.80. The first-order valence-corrected chi connectivity index (χ1v) is 11.2. The summed E-state index contributed by atoms with van der Waals surface area (Å²) >= 11 is 18.7. The molecule has 3 aromatic rings. The van der Waals surface area contributed by atoms with E-state index >= 15 is 0 Å². The lowest BCUT2D eigenvalue weighted by atomic mass is 10.3. The molecule has 0 radical (unpaired) electrons. The fourth-order valence-electron chi connectivity index (χ4n) is 2.75. The highest BCUT2D eigenvalue weighted by Gasteiger charge is 2.18. The lowest BCUT2D eigenvalue weighted by Crippen LogP contribution is -2.29. The number of hydrogen-bond donors (Lipinski definition) is 2. The molecular formula is C23H16Cl3N5O5. The van der Waals surface area contributed by atoms with Crippen LogP contribution in [0.15, 0.2) is 64.6 Å². The second kappa shape index (κ2) is 12.1. The van der Waals surface area contributed by atoms with Gasteiger partial charge in [-0.1, -0.05) is 40.9 Å². The Morgan fingerprint density at radius 2 is 1.83 bits per heavy atom. The van der Waals surface area contributed by atoms with Crippen LogP contribution in [0.3, 0.4) is 0 Å². The van der Waals surface area contributed by atoms with E-state index in [-0.39, 0.29) is 39.3 Å². The number of benzene rings is 2. The molecule has 0 aliphatic heterocycles. The molecule has 2 N–H and O–H groups in total. The van der Waals surface area contributed by atoms with Crippen LogP contribution in [0, 0.1) is 11.3 Å². The van der Waals surface area contributed by atoms with Gasteiger partial charge in [0.15, 0.2) is 5.75 Å². The largest absolute Gasteiger partial charge is 0.453 e. The van der Waals surface area contributed by atoms with Crippen LogP contribution < -0.4 is 21.0 Å². The van der Waals surface area contributed by atoms with Crippen molar-refractivity contribution in [1.29, 1.82) is 5.26 Å². The summed E-state index contributed by atoms with van der Waals surface area (Å²) in [5.41, 5.74) is 2.17. The zero-order valence-electron chi connectivity index (χ0n) is 18.4. The molecule has 0 aliphatic carbocycles. The number of nitrogens with zero attached hydrogens (tertiary/aromatic N) is 3. The highest BCUT2D eigenvalue weighted by atomic mass is 35.5. The third-order valence-corrected chi connectivity index (χ3v) is 5.09. The number of ether oxygens (including phenoxy) is 2. The van der Waals surface area contributed by atoms with Crippen molar-refractivity contribution >= 4 is 58.3 Å². The molecular weight excluding hydrogens is 533 g/mol. The van der Waals surface area contributed by atoms with Gasteiger partial charge >= 0.3 is 12.1 Å². The van der Waals surface area contributed by atoms with Gasteiger partial charge in [0.05, 0.1) is 27.6 Å². The Morgan fingerprint density at radius 1 is 1.11 bits per heavy atom. The number of alkyl carbamates (subject to hydrolysis) is 1. The standard InChI is InChI=1S/C23H16Cl3N5O5/c1-2-28-23(34)36-22(33)19(11-27)30-29-14-9-17(25)21(18(26)10-14)35-16-6-7-20(32)31(12-16)15-5-3-4-13(24)8-15/h3-10,12,29H,2H2,1H3,(H,28,34)/b30-19-. The van der Waals surface area contributed by atoms with Gasteiger partial charge in [-0.2, -0.15) is 10.4 Å². The lowest BCUT2D eigenvalue weighted by molar-refractivity contribution is -0.129. The van der Waals surface area contributed by atoms with Crippen LogP contribution in [0.4, 0.5) is 10.5 Å². The molecule has 0 unspecified atom stereocenters. The smallest absolute Gasteiger partial charge is 0.415 e. The Hall–Kier alpha value is -4.04. The molecule has 184 valence electrons. The number of carbonyl (C=O) groups excluding carboxylic acids is 2. The number of pyridine rings is 1. The van der Waals surface area contributed by atoms with Crippen LogP contribution in [0.1, 0.15) is 6.92 Å². The maximum absolute atomic E-state index is 12.3. The molecule has 13 heteroatoms. The average molecular weight is 549 g/mol. The number of esters is 1. The second-order valence-corrected chi connectivity index (χ2v) is 8.07. The van der Waals surface area contributed by atoms with E-state index in [1.54, 1.807) is 31.2 Å². The number of anilines is 1. The van der Waals surface area contributed by atoms with Gasteiger partial charge in [-0.3, -0.25) is 14.8 Å². The Morgan fingerprint density at radius 3 is 2.47 bits per heavy atom. The number of nitrogens with one attached hydrogen (secondary N) is 2. The number of amides is 1. The van der Waals surface area contributed by atoms with Gasteiger partial charge in [-0.15, -0.1) is 0 Å². The number of carbonyl (C=O) groups is 2. The van der Waals surface area contributed by atoms with Crippen LogP contribution in [0.25, 0.3) is 5.69 Å². The topological polar surface area (TPSA) is 135 Å². The van der Waals surface area contributed by atoms with Gasteiger partial charge in [-0.05, 0) is 43.3 Å². The number of aromatic nitrogens is 1. The zero-order chi connectivity index (χ0) is 26.2. The number of hydrogen-bond acceptors (Lipinski definition) is 8. The minimum Gasteiger partial charge on any atom is -0.453 e. The minimum absolute atomic E-state index is 0.0594. The van der Waals surface area contributed by atoms with Crippen LogP contribution in [0.2, 0.25) is 15.1 Å². The molecule has 0 aliphatic rings. The third-order valence-electron chi connectivity index (χ3n) is 4.29. The Bertz CT molecular complexity index is 1430. The molecule has 0 spiro atoms. The van der Waals surface area contributed by atoms with Crippen LogP contribution in [-0.2, 0) is 9.53 Å². The van der Waals surface area contributed by atoms with E-state index in [2.05, 4.69) is 20.6 Å². The summed E-state index contributed by atoms with van der Waals surface area (Å²) in [5, 5.41) is 15.6. The van der Waals surface area contributed by atoms with Crippen molar-refractivity contribution in [2.45, 2.75) is 6.92 Å². The van der Waals surface area contributed by atoms with Gasteiger partial charge in [0.1, 0.15) is 11.8 Å². The molecule has 1 amide bonds. The van der Waals surface area contributed by atoms with Gasteiger partial charge in [0, 0.05) is 17.6 Å². The fraction of sp³-hybridized carbons (Fsp3) is 0.0870. The predicted molar refractivity (Wildman–Crippen MR) is 135 cm³/mol. The molecule has 1 heterocycles. The molecule has 36 heavy (non-hydrogen) atoms. The molecule has 10 nitrogen and oxygen atoms in total. The van der Waals surface area contributed by atoms with Gasteiger partial charge < -0.3 is 14.8 Å².